The number of carbonyl (C=O) groups excluding carboxylic acids is 1. The highest BCUT2D eigenvalue weighted by Crippen LogP contribution is 2.50. The molecule has 0 saturated carbocycles. The molecule has 0 amide bonds. The predicted molar refractivity (Wildman–Crippen MR) is 93.4 cm³/mol. The second-order valence-corrected chi connectivity index (χ2v) is 7.90. The fourth-order valence-corrected chi connectivity index (χ4v) is 4.99. The average molecular weight is 360 g/mol. The summed E-state index contributed by atoms with van der Waals surface area (Å²) in [5.74, 6) is -0.265. The van der Waals surface area contributed by atoms with Gasteiger partial charge in [0.25, 0.3) is 0 Å². The van der Waals surface area contributed by atoms with Crippen LogP contribution in [0.5, 0.6) is 5.75 Å². The molecule has 3 heterocycles. The monoisotopic (exact) mass is 360 g/mol. The Bertz CT molecular complexity index is 886. The fraction of sp³-hybridized carbons (Fsp3) is 0.294. The fourth-order valence-electron chi connectivity index (χ4n) is 2.71. The Balaban J connectivity index is 2.20. The molecule has 0 spiro atoms. The molecule has 124 valence electrons. The Kier molecular flexibility index (Phi) is 4.35. The summed E-state index contributed by atoms with van der Waals surface area (Å²) < 4.78 is 10.8. The molecule has 2 aromatic rings. The van der Waals surface area contributed by atoms with E-state index in [1.54, 1.807) is 18.3 Å². The number of hydrogen-bond acceptors (Lipinski definition) is 7. The van der Waals surface area contributed by atoms with Crippen molar-refractivity contribution in [3.05, 3.63) is 48.7 Å². The topological polar surface area (TPSA) is 85.3 Å². The van der Waals surface area contributed by atoms with E-state index >= 15 is 0 Å². The molecule has 1 aliphatic heterocycles. The van der Waals surface area contributed by atoms with Crippen LogP contribution >= 0.6 is 22.7 Å². The number of carbonyl (C=O) groups is 1. The van der Waals surface area contributed by atoms with Gasteiger partial charge in [-0.15, -0.1) is 22.7 Å². The van der Waals surface area contributed by atoms with Crippen molar-refractivity contribution in [2.24, 2.45) is 5.73 Å². The van der Waals surface area contributed by atoms with E-state index in [1.807, 2.05) is 26.0 Å². The van der Waals surface area contributed by atoms with Crippen molar-refractivity contribution in [1.82, 2.24) is 0 Å². The minimum atomic E-state index is -0.429. The number of hydrogen-bond donors (Lipinski definition) is 1. The van der Waals surface area contributed by atoms with Crippen molar-refractivity contribution in [3.8, 4) is 11.8 Å². The lowest BCUT2D eigenvalue weighted by Crippen LogP contribution is -2.20. The lowest BCUT2D eigenvalue weighted by atomic mass is 9.93. The Labute approximate surface area is 147 Å². The Morgan fingerprint density at radius 2 is 2.17 bits per heavy atom. The molecule has 0 aromatic carbocycles. The molecule has 3 rings (SSSR count). The third-order valence-electron chi connectivity index (χ3n) is 3.74. The van der Waals surface area contributed by atoms with Crippen molar-refractivity contribution in [1.29, 1.82) is 5.26 Å². The summed E-state index contributed by atoms with van der Waals surface area (Å²) >= 11 is 3.05. The SMILES string of the molecule is CCOC(=O)c1c(C)sc2c1OC(N)=C(C#N)[C@H]2c1ccc(C)s1. The summed E-state index contributed by atoms with van der Waals surface area (Å²) in [5, 5.41) is 9.54. The van der Waals surface area contributed by atoms with E-state index in [1.165, 1.54) is 11.3 Å². The normalized spacial score (nSPS) is 16.3. The number of thiophene rings is 2. The second kappa shape index (κ2) is 6.30. The third-order valence-corrected chi connectivity index (χ3v) is 5.96. The van der Waals surface area contributed by atoms with Crippen LogP contribution in [0.2, 0.25) is 0 Å². The van der Waals surface area contributed by atoms with Crippen LogP contribution in [0.4, 0.5) is 0 Å². The average Bonchev–Trinajstić information content (AvgIpc) is 3.09. The molecule has 0 saturated heterocycles. The van der Waals surface area contributed by atoms with Gasteiger partial charge < -0.3 is 15.2 Å². The summed E-state index contributed by atoms with van der Waals surface area (Å²) in [6, 6.07) is 6.16. The van der Waals surface area contributed by atoms with Gasteiger partial charge >= 0.3 is 5.97 Å². The van der Waals surface area contributed by atoms with Crippen LogP contribution in [0.15, 0.2) is 23.6 Å². The zero-order valence-electron chi connectivity index (χ0n) is 13.5. The lowest BCUT2D eigenvalue weighted by molar-refractivity contribution is 0.0522. The smallest absolute Gasteiger partial charge is 0.343 e. The number of nitriles is 1. The van der Waals surface area contributed by atoms with Crippen LogP contribution in [0.25, 0.3) is 0 Å². The van der Waals surface area contributed by atoms with E-state index in [-0.39, 0.29) is 18.4 Å². The second-order valence-electron chi connectivity index (χ2n) is 5.32. The number of esters is 1. The van der Waals surface area contributed by atoms with E-state index in [0.29, 0.717) is 16.9 Å². The molecule has 24 heavy (non-hydrogen) atoms. The molecule has 0 unspecified atom stereocenters. The van der Waals surface area contributed by atoms with Gasteiger partial charge in [0.2, 0.25) is 5.88 Å². The Morgan fingerprint density at radius 3 is 2.75 bits per heavy atom. The molecule has 1 atom stereocenters. The highest BCUT2D eigenvalue weighted by molar-refractivity contribution is 7.14. The summed E-state index contributed by atoms with van der Waals surface area (Å²) in [5.41, 5.74) is 6.76. The number of nitrogens with zero attached hydrogens (tertiary/aromatic N) is 1. The maximum absolute atomic E-state index is 12.3. The van der Waals surface area contributed by atoms with Crippen LogP contribution in [0.1, 0.15) is 42.7 Å². The van der Waals surface area contributed by atoms with Crippen LogP contribution in [0.3, 0.4) is 0 Å². The largest absolute Gasteiger partial charge is 0.462 e. The minimum absolute atomic E-state index is 0.0457. The number of allylic oxidation sites excluding steroid dienone is 1. The quantitative estimate of drug-likeness (QED) is 0.841. The van der Waals surface area contributed by atoms with Gasteiger partial charge in [-0.25, -0.2) is 4.79 Å². The number of nitrogens with two attached hydrogens (primary N) is 1. The highest BCUT2D eigenvalue weighted by Gasteiger charge is 2.37. The van der Waals surface area contributed by atoms with Gasteiger partial charge in [0.05, 0.1) is 17.4 Å². The Morgan fingerprint density at radius 1 is 1.42 bits per heavy atom. The first-order valence-electron chi connectivity index (χ1n) is 7.42. The lowest BCUT2D eigenvalue weighted by Gasteiger charge is -2.23. The first-order valence-corrected chi connectivity index (χ1v) is 9.05. The maximum atomic E-state index is 12.3. The number of ether oxygens (including phenoxy) is 2. The van der Waals surface area contributed by atoms with Crippen molar-refractivity contribution >= 4 is 28.6 Å². The first kappa shape index (κ1) is 16.6. The van der Waals surface area contributed by atoms with Gasteiger partial charge in [-0.3, -0.25) is 0 Å². The van der Waals surface area contributed by atoms with Gasteiger partial charge in [0, 0.05) is 14.6 Å². The molecule has 5 nitrogen and oxygen atoms in total. The van der Waals surface area contributed by atoms with Crippen LogP contribution < -0.4 is 10.5 Å². The van der Waals surface area contributed by atoms with Crippen LogP contribution in [0, 0.1) is 25.2 Å². The molecular weight excluding hydrogens is 344 g/mol. The highest BCUT2D eigenvalue weighted by atomic mass is 32.1. The Hall–Kier alpha value is -2.30. The summed E-state index contributed by atoms with van der Waals surface area (Å²) in [7, 11) is 0. The number of rotatable bonds is 3. The van der Waals surface area contributed by atoms with Crippen molar-refractivity contribution in [3.63, 3.8) is 0 Å². The van der Waals surface area contributed by atoms with Gasteiger partial charge in [0.1, 0.15) is 17.2 Å². The summed E-state index contributed by atoms with van der Waals surface area (Å²) in [6.07, 6.45) is 0. The van der Waals surface area contributed by atoms with Crippen molar-refractivity contribution in [2.45, 2.75) is 26.7 Å². The molecule has 7 heteroatoms. The molecule has 2 N–H and O–H groups in total. The summed E-state index contributed by atoms with van der Waals surface area (Å²) in [6.45, 7) is 5.90. The van der Waals surface area contributed by atoms with Gasteiger partial charge in [-0.05, 0) is 32.9 Å². The van der Waals surface area contributed by atoms with E-state index < -0.39 is 5.97 Å². The molecule has 0 aliphatic carbocycles. The third kappa shape index (κ3) is 2.58. The van der Waals surface area contributed by atoms with Crippen LogP contribution in [-0.4, -0.2) is 12.6 Å². The molecular formula is C17H16N2O3S2. The van der Waals surface area contributed by atoms with E-state index in [9.17, 15) is 10.1 Å². The number of fused-ring (bicyclic) bond motifs is 1. The van der Waals surface area contributed by atoms with Gasteiger partial charge in [0.15, 0.2) is 5.75 Å². The molecule has 0 bridgehead atoms. The summed E-state index contributed by atoms with van der Waals surface area (Å²) in [4.78, 5) is 16.1. The van der Waals surface area contributed by atoms with Crippen molar-refractivity contribution < 1.29 is 14.3 Å². The van der Waals surface area contributed by atoms with Crippen LogP contribution in [-0.2, 0) is 4.74 Å². The minimum Gasteiger partial charge on any atom is -0.462 e. The molecule has 2 aromatic heterocycles. The van der Waals surface area contributed by atoms with Gasteiger partial charge in [-0.2, -0.15) is 5.26 Å². The molecule has 1 aliphatic rings. The zero-order valence-corrected chi connectivity index (χ0v) is 15.1. The van der Waals surface area contributed by atoms with E-state index in [4.69, 9.17) is 15.2 Å². The molecule has 0 fully saturated rings. The van der Waals surface area contributed by atoms with Crippen molar-refractivity contribution in [2.75, 3.05) is 6.61 Å². The standard InChI is InChI=1S/C17H16N2O3S2/c1-4-21-17(20)12-9(3)24-15-13(11-6-5-8(2)23-11)10(7-18)16(19)22-14(12)15/h5-6,13H,4,19H2,1-3H3/t13-/m0/s1. The first-order chi connectivity index (χ1) is 11.5. The zero-order chi connectivity index (χ0) is 17.4. The predicted octanol–water partition coefficient (Wildman–Crippen LogP) is 3.82. The van der Waals surface area contributed by atoms with E-state index in [0.717, 1.165) is 19.5 Å². The number of aryl methyl sites for hydroxylation is 2. The molecule has 0 radical (unpaired) electrons. The van der Waals surface area contributed by atoms with E-state index in [2.05, 4.69) is 6.07 Å². The maximum Gasteiger partial charge on any atom is 0.343 e. The van der Waals surface area contributed by atoms with Gasteiger partial charge in [-0.1, -0.05) is 0 Å².